The highest BCUT2D eigenvalue weighted by Gasteiger charge is 2.62. The monoisotopic (exact) mass is 320 g/mol. The smallest absolute Gasteiger partial charge is 0.0601 e. The summed E-state index contributed by atoms with van der Waals surface area (Å²) >= 11 is 0. The molecule has 4 aliphatic rings. The van der Waals surface area contributed by atoms with Crippen LogP contribution in [0.15, 0.2) is 0 Å². The summed E-state index contributed by atoms with van der Waals surface area (Å²) < 4.78 is 0. The maximum absolute atomic E-state index is 10.7. The highest BCUT2D eigenvalue weighted by Crippen LogP contribution is 2.67. The zero-order valence-electron chi connectivity index (χ0n) is 15.3. The fourth-order valence-electron chi connectivity index (χ4n) is 8.22. The Morgan fingerprint density at radius 3 is 2.43 bits per heavy atom. The summed E-state index contributed by atoms with van der Waals surface area (Å²) in [6.45, 7) is 6.89. The lowest BCUT2D eigenvalue weighted by atomic mass is 9.45. The fourth-order valence-corrected chi connectivity index (χ4v) is 8.22. The van der Waals surface area contributed by atoms with Gasteiger partial charge < -0.3 is 10.2 Å². The molecule has 0 spiro atoms. The third kappa shape index (κ3) is 2.20. The van der Waals surface area contributed by atoms with E-state index in [0.717, 1.165) is 24.2 Å². The first-order chi connectivity index (χ1) is 10.9. The first kappa shape index (κ1) is 16.4. The van der Waals surface area contributed by atoms with Gasteiger partial charge in [0.25, 0.3) is 0 Å². The van der Waals surface area contributed by atoms with Crippen molar-refractivity contribution < 1.29 is 10.2 Å². The lowest BCUT2D eigenvalue weighted by Gasteiger charge is -2.60. The van der Waals surface area contributed by atoms with E-state index in [1.54, 1.807) is 0 Å². The molecule has 0 bridgehead atoms. The van der Waals surface area contributed by atoms with Crippen LogP contribution in [0.1, 0.15) is 78.6 Å². The van der Waals surface area contributed by atoms with Crippen LogP contribution in [-0.4, -0.2) is 22.4 Å². The van der Waals surface area contributed by atoms with E-state index >= 15 is 0 Å². The van der Waals surface area contributed by atoms with Crippen molar-refractivity contribution in [2.75, 3.05) is 0 Å². The van der Waals surface area contributed by atoms with E-state index in [4.69, 9.17) is 0 Å². The Morgan fingerprint density at radius 1 is 0.913 bits per heavy atom. The van der Waals surface area contributed by atoms with Crippen LogP contribution < -0.4 is 0 Å². The van der Waals surface area contributed by atoms with Crippen molar-refractivity contribution in [1.29, 1.82) is 0 Å². The second-order valence-electron chi connectivity index (χ2n) is 10.0. The molecule has 9 atom stereocenters. The van der Waals surface area contributed by atoms with Crippen molar-refractivity contribution in [2.24, 2.45) is 40.4 Å². The quantitative estimate of drug-likeness (QED) is 0.752. The Bertz CT molecular complexity index is 461. The summed E-state index contributed by atoms with van der Waals surface area (Å²) in [4.78, 5) is 0. The molecule has 23 heavy (non-hydrogen) atoms. The molecule has 0 aromatic carbocycles. The number of hydrogen-bond acceptors (Lipinski definition) is 2. The van der Waals surface area contributed by atoms with Gasteiger partial charge >= 0.3 is 0 Å². The molecule has 2 N–H and O–H groups in total. The van der Waals surface area contributed by atoms with Gasteiger partial charge in [-0.1, -0.05) is 26.7 Å². The summed E-state index contributed by atoms with van der Waals surface area (Å²) in [6.07, 6.45) is 11.4. The van der Waals surface area contributed by atoms with Crippen LogP contribution >= 0.6 is 0 Å². The summed E-state index contributed by atoms with van der Waals surface area (Å²) in [6, 6.07) is 0. The predicted molar refractivity (Wildman–Crippen MR) is 92.9 cm³/mol. The Morgan fingerprint density at radius 2 is 1.70 bits per heavy atom. The maximum Gasteiger partial charge on any atom is 0.0601 e. The number of rotatable bonds is 1. The molecule has 0 aliphatic heterocycles. The lowest BCUT2D eigenvalue weighted by Crippen LogP contribution is -2.53. The Kier molecular flexibility index (Phi) is 3.89. The first-order valence-corrected chi connectivity index (χ1v) is 10.2. The Hall–Kier alpha value is -0.0800. The lowest BCUT2D eigenvalue weighted by molar-refractivity contribution is -0.120. The van der Waals surface area contributed by atoms with Gasteiger partial charge in [-0.25, -0.2) is 0 Å². The highest BCUT2D eigenvalue weighted by atomic mass is 16.3. The second-order valence-corrected chi connectivity index (χ2v) is 10.0. The third-order valence-electron chi connectivity index (χ3n) is 9.21. The molecular weight excluding hydrogens is 284 g/mol. The molecule has 4 rings (SSSR count). The fraction of sp³-hybridized carbons (Fsp3) is 1.00. The molecule has 0 aromatic rings. The molecule has 0 aromatic heterocycles. The molecule has 4 aliphatic carbocycles. The summed E-state index contributed by atoms with van der Waals surface area (Å²) in [7, 11) is 0. The number of aliphatic hydroxyl groups is 2. The molecule has 4 saturated carbocycles. The number of fused-ring (bicyclic) bond motifs is 5. The zero-order chi connectivity index (χ0) is 16.4. The van der Waals surface area contributed by atoms with Crippen LogP contribution in [0.25, 0.3) is 0 Å². The molecule has 2 nitrogen and oxygen atoms in total. The van der Waals surface area contributed by atoms with Crippen LogP contribution in [0.4, 0.5) is 0 Å². The van der Waals surface area contributed by atoms with Gasteiger partial charge in [-0.05, 0) is 86.4 Å². The number of aliphatic hydroxyl groups excluding tert-OH is 2. The molecule has 0 heterocycles. The van der Waals surface area contributed by atoms with E-state index in [2.05, 4.69) is 13.8 Å². The van der Waals surface area contributed by atoms with Gasteiger partial charge in [-0.15, -0.1) is 0 Å². The molecule has 4 fully saturated rings. The van der Waals surface area contributed by atoms with E-state index in [1.165, 1.54) is 51.4 Å². The topological polar surface area (TPSA) is 40.5 Å². The predicted octanol–water partition coefficient (Wildman–Crippen LogP) is 4.39. The second kappa shape index (κ2) is 5.46. The van der Waals surface area contributed by atoms with E-state index in [-0.39, 0.29) is 23.5 Å². The van der Waals surface area contributed by atoms with Crippen molar-refractivity contribution in [3.05, 3.63) is 0 Å². The maximum atomic E-state index is 10.7. The van der Waals surface area contributed by atoms with Gasteiger partial charge in [0.2, 0.25) is 0 Å². The largest absolute Gasteiger partial charge is 0.393 e. The molecule has 132 valence electrons. The van der Waals surface area contributed by atoms with Crippen molar-refractivity contribution in [2.45, 2.75) is 90.8 Å². The van der Waals surface area contributed by atoms with E-state index < -0.39 is 0 Å². The SMILES string of the molecule is C[C@@H](O)[C@H]1[C@@H](O)C[C@H]2[C@@H]3CC[C@H]4CCCC[C@]4(C)[C@H]3CC[C@]12C. The normalized spacial score (nSPS) is 57.3. The Balaban J connectivity index is 1.64. The minimum Gasteiger partial charge on any atom is -0.393 e. The van der Waals surface area contributed by atoms with E-state index in [9.17, 15) is 10.2 Å². The molecule has 0 saturated heterocycles. The molecule has 0 amide bonds. The van der Waals surface area contributed by atoms with Crippen LogP contribution in [0.2, 0.25) is 0 Å². The average molecular weight is 321 g/mol. The van der Waals surface area contributed by atoms with Gasteiger partial charge in [0.05, 0.1) is 12.2 Å². The molecule has 2 heteroatoms. The molecule has 0 unspecified atom stereocenters. The van der Waals surface area contributed by atoms with Crippen molar-refractivity contribution in [3.63, 3.8) is 0 Å². The Labute approximate surface area is 142 Å². The minimum absolute atomic E-state index is 0.0883. The summed E-state index contributed by atoms with van der Waals surface area (Å²) in [5.41, 5.74) is 0.725. The van der Waals surface area contributed by atoms with Crippen molar-refractivity contribution in [1.82, 2.24) is 0 Å². The minimum atomic E-state index is -0.377. The van der Waals surface area contributed by atoms with Gasteiger partial charge in [0, 0.05) is 5.92 Å². The van der Waals surface area contributed by atoms with Gasteiger partial charge in [0.15, 0.2) is 0 Å². The van der Waals surface area contributed by atoms with Gasteiger partial charge in [-0.3, -0.25) is 0 Å². The zero-order valence-corrected chi connectivity index (χ0v) is 15.3. The first-order valence-electron chi connectivity index (χ1n) is 10.2. The van der Waals surface area contributed by atoms with Crippen LogP contribution in [-0.2, 0) is 0 Å². The third-order valence-corrected chi connectivity index (χ3v) is 9.21. The van der Waals surface area contributed by atoms with E-state index in [1.807, 2.05) is 6.92 Å². The van der Waals surface area contributed by atoms with Crippen LogP contribution in [0, 0.1) is 40.4 Å². The van der Waals surface area contributed by atoms with Gasteiger partial charge in [0.1, 0.15) is 0 Å². The average Bonchev–Trinajstić information content (AvgIpc) is 2.77. The van der Waals surface area contributed by atoms with Crippen LogP contribution in [0.3, 0.4) is 0 Å². The summed E-state index contributed by atoms with van der Waals surface area (Å²) in [5, 5.41) is 21.0. The highest BCUT2D eigenvalue weighted by molar-refractivity contribution is 5.11. The molecule has 0 radical (unpaired) electrons. The van der Waals surface area contributed by atoms with Gasteiger partial charge in [-0.2, -0.15) is 0 Å². The van der Waals surface area contributed by atoms with Crippen LogP contribution in [0.5, 0.6) is 0 Å². The standard InChI is InChI=1S/C21H36O2/c1-13(22)19-18(23)12-17-15-8-7-14-6-4-5-10-20(14,2)16(15)9-11-21(17,19)3/h13-19,22-23H,4-12H2,1-3H3/t13-,14-,15-,16+,17+,18+,19+,20+,21+/m1/s1. The summed E-state index contributed by atoms with van der Waals surface area (Å²) in [5.74, 6) is 3.35. The van der Waals surface area contributed by atoms with Crippen molar-refractivity contribution in [3.8, 4) is 0 Å². The van der Waals surface area contributed by atoms with Crippen molar-refractivity contribution >= 4 is 0 Å². The molecular formula is C21H36O2. The number of hydrogen-bond donors (Lipinski definition) is 2. The van der Waals surface area contributed by atoms with E-state index in [0.29, 0.717) is 11.3 Å².